The molecule has 3 aromatic carbocycles. The first-order chi connectivity index (χ1) is 12.5. The van der Waals surface area contributed by atoms with E-state index >= 15 is 0 Å². The van der Waals surface area contributed by atoms with Gasteiger partial charge in [-0.1, -0.05) is 48.5 Å². The molecule has 1 unspecified atom stereocenters. The van der Waals surface area contributed by atoms with Crippen molar-refractivity contribution in [1.29, 1.82) is 0 Å². The molecule has 3 nitrogen and oxygen atoms in total. The molecule has 0 bridgehead atoms. The molecule has 1 amide bonds. The molecule has 1 N–H and O–H groups in total. The highest BCUT2D eigenvalue weighted by Gasteiger charge is 2.08. The second-order valence-corrected chi connectivity index (χ2v) is 7.87. The predicted octanol–water partition coefficient (Wildman–Crippen LogP) is 3.85. The molecule has 4 heteroatoms. The molecular weight excluding hydrogens is 342 g/mol. The van der Waals surface area contributed by atoms with Crippen LogP contribution in [0.5, 0.6) is 0 Å². The van der Waals surface area contributed by atoms with Gasteiger partial charge in [0.15, 0.2) is 0 Å². The van der Waals surface area contributed by atoms with E-state index in [1.165, 1.54) is 23.6 Å². The summed E-state index contributed by atoms with van der Waals surface area (Å²) in [6.45, 7) is 2.13. The molecule has 3 rings (SSSR count). The molecule has 3 aromatic rings. The fourth-order valence-electron chi connectivity index (χ4n) is 3.17. The zero-order valence-electron chi connectivity index (χ0n) is 15.1. The van der Waals surface area contributed by atoms with Crippen molar-refractivity contribution in [3.8, 4) is 0 Å². The highest BCUT2D eigenvalue weighted by molar-refractivity contribution is 7.84. The number of hydrogen-bond acceptors (Lipinski definition) is 2. The van der Waals surface area contributed by atoms with E-state index in [4.69, 9.17) is 0 Å². The largest absolute Gasteiger partial charge is 0.356 e. The van der Waals surface area contributed by atoms with Gasteiger partial charge in [0.2, 0.25) is 5.91 Å². The Balaban J connectivity index is 2.00. The minimum Gasteiger partial charge on any atom is -0.356 e. The lowest BCUT2D eigenvalue weighted by Gasteiger charge is -2.12. The van der Waals surface area contributed by atoms with Crippen molar-refractivity contribution in [1.82, 2.24) is 5.32 Å². The summed E-state index contributed by atoms with van der Waals surface area (Å²) in [5.74, 6) is -0.0231. The van der Waals surface area contributed by atoms with Gasteiger partial charge in [0.1, 0.15) is 0 Å². The van der Waals surface area contributed by atoms with Crippen LogP contribution in [-0.2, 0) is 28.4 Å². The number of carbonyl (C=O) groups is 1. The first-order valence-corrected chi connectivity index (χ1v) is 10.3. The highest BCUT2D eigenvalue weighted by atomic mass is 32.2. The van der Waals surface area contributed by atoms with Crippen LogP contribution in [0, 0.1) is 0 Å². The van der Waals surface area contributed by atoms with Gasteiger partial charge in [-0.15, -0.1) is 0 Å². The van der Waals surface area contributed by atoms with Crippen LogP contribution in [-0.4, -0.2) is 22.9 Å². The standard InChI is InChI=1S/C22H23NO2S/c1-16(24)23-11-10-20-14-18(12-17-6-4-3-5-7-17)13-19-8-9-21(26(2)25)15-22(19)20/h3-9,13-15H,10-12H2,1-2H3,(H,23,24). The Hall–Kier alpha value is -2.46. The second-order valence-electron chi connectivity index (χ2n) is 6.49. The van der Waals surface area contributed by atoms with Crippen molar-refractivity contribution < 1.29 is 9.00 Å². The topological polar surface area (TPSA) is 46.2 Å². The van der Waals surface area contributed by atoms with Gasteiger partial charge in [0, 0.05) is 35.4 Å². The normalized spacial score (nSPS) is 12.1. The Morgan fingerprint density at radius 1 is 1.00 bits per heavy atom. The molecule has 0 aliphatic heterocycles. The van der Waals surface area contributed by atoms with Crippen LogP contribution in [0.2, 0.25) is 0 Å². The Kier molecular flexibility index (Phi) is 5.84. The number of nitrogens with one attached hydrogen (secondary N) is 1. The van der Waals surface area contributed by atoms with E-state index in [2.05, 4.69) is 41.7 Å². The molecular formula is C22H23NO2S. The fraction of sp³-hybridized carbons (Fsp3) is 0.227. The summed E-state index contributed by atoms with van der Waals surface area (Å²) in [6.07, 6.45) is 3.31. The average Bonchev–Trinajstić information content (AvgIpc) is 2.62. The fourth-order valence-corrected chi connectivity index (χ4v) is 3.72. The molecule has 0 aromatic heterocycles. The van der Waals surface area contributed by atoms with Crippen LogP contribution < -0.4 is 5.32 Å². The molecule has 26 heavy (non-hydrogen) atoms. The number of amides is 1. The molecule has 1 atom stereocenters. The minimum absolute atomic E-state index is 0.0231. The quantitative estimate of drug-likeness (QED) is 0.721. The molecule has 0 fully saturated rings. The van der Waals surface area contributed by atoms with Crippen LogP contribution in [0.15, 0.2) is 65.6 Å². The molecule has 0 spiro atoms. The maximum atomic E-state index is 11.9. The van der Waals surface area contributed by atoms with Crippen molar-refractivity contribution in [3.63, 3.8) is 0 Å². The number of fused-ring (bicyclic) bond motifs is 1. The lowest BCUT2D eigenvalue weighted by molar-refractivity contribution is -0.118. The summed E-state index contributed by atoms with van der Waals surface area (Å²) >= 11 is 0. The van der Waals surface area contributed by atoms with Crippen molar-refractivity contribution in [2.24, 2.45) is 0 Å². The molecule has 0 saturated carbocycles. The van der Waals surface area contributed by atoms with Gasteiger partial charge in [-0.05, 0) is 52.4 Å². The summed E-state index contributed by atoms with van der Waals surface area (Å²) in [5, 5.41) is 5.12. The van der Waals surface area contributed by atoms with Gasteiger partial charge in [0.05, 0.1) is 0 Å². The summed E-state index contributed by atoms with van der Waals surface area (Å²) in [5.41, 5.74) is 3.69. The number of hydrogen-bond donors (Lipinski definition) is 1. The van der Waals surface area contributed by atoms with E-state index in [1.54, 1.807) is 6.26 Å². The van der Waals surface area contributed by atoms with E-state index in [9.17, 15) is 9.00 Å². The zero-order chi connectivity index (χ0) is 18.5. The predicted molar refractivity (Wildman–Crippen MR) is 108 cm³/mol. The second kappa shape index (κ2) is 8.28. The third-order valence-corrected chi connectivity index (χ3v) is 5.34. The smallest absolute Gasteiger partial charge is 0.216 e. The van der Waals surface area contributed by atoms with Crippen molar-refractivity contribution in [3.05, 3.63) is 77.4 Å². The Labute approximate surface area is 156 Å². The highest BCUT2D eigenvalue weighted by Crippen LogP contribution is 2.25. The summed E-state index contributed by atoms with van der Waals surface area (Å²) < 4.78 is 11.9. The zero-order valence-corrected chi connectivity index (χ0v) is 15.9. The molecule has 0 saturated heterocycles. The maximum absolute atomic E-state index is 11.9. The van der Waals surface area contributed by atoms with Crippen molar-refractivity contribution >= 4 is 27.5 Å². The average molecular weight is 365 g/mol. The summed E-state index contributed by atoms with van der Waals surface area (Å²) in [6, 6.07) is 20.8. The third kappa shape index (κ3) is 4.58. The van der Waals surface area contributed by atoms with Crippen LogP contribution in [0.1, 0.15) is 23.6 Å². The van der Waals surface area contributed by atoms with Gasteiger partial charge in [0.25, 0.3) is 0 Å². The van der Waals surface area contributed by atoms with E-state index < -0.39 is 10.8 Å². The molecule has 0 aliphatic carbocycles. The number of benzene rings is 3. The lowest BCUT2D eigenvalue weighted by Crippen LogP contribution is -2.22. The van der Waals surface area contributed by atoms with E-state index in [0.717, 1.165) is 28.5 Å². The van der Waals surface area contributed by atoms with Crippen LogP contribution >= 0.6 is 0 Å². The van der Waals surface area contributed by atoms with Gasteiger partial charge in [-0.3, -0.25) is 9.00 Å². The van der Waals surface area contributed by atoms with Crippen molar-refractivity contribution in [2.45, 2.75) is 24.7 Å². The Bertz CT molecular complexity index is 951. The van der Waals surface area contributed by atoms with Gasteiger partial charge in [-0.2, -0.15) is 0 Å². The van der Waals surface area contributed by atoms with Gasteiger partial charge in [-0.25, -0.2) is 0 Å². The third-order valence-electron chi connectivity index (χ3n) is 4.42. The molecule has 0 aliphatic rings. The lowest BCUT2D eigenvalue weighted by atomic mass is 9.95. The van der Waals surface area contributed by atoms with E-state index in [1.807, 2.05) is 24.3 Å². The summed E-state index contributed by atoms with van der Waals surface area (Å²) in [7, 11) is -1.01. The first-order valence-electron chi connectivity index (χ1n) is 8.70. The SMILES string of the molecule is CC(=O)NCCc1cc(Cc2ccccc2)cc2ccc(S(C)=O)cc12. The van der Waals surface area contributed by atoms with Gasteiger partial charge >= 0.3 is 0 Å². The molecule has 0 heterocycles. The maximum Gasteiger partial charge on any atom is 0.216 e. The molecule has 134 valence electrons. The van der Waals surface area contributed by atoms with E-state index in [0.29, 0.717) is 6.54 Å². The van der Waals surface area contributed by atoms with Crippen molar-refractivity contribution in [2.75, 3.05) is 12.8 Å². The van der Waals surface area contributed by atoms with Crippen LogP contribution in [0.3, 0.4) is 0 Å². The monoisotopic (exact) mass is 365 g/mol. The van der Waals surface area contributed by atoms with Crippen LogP contribution in [0.4, 0.5) is 0 Å². The minimum atomic E-state index is -1.01. The Morgan fingerprint density at radius 2 is 1.77 bits per heavy atom. The first kappa shape index (κ1) is 18.3. The Morgan fingerprint density at radius 3 is 2.46 bits per heavy atom. The van der Waals surface area contributed by atoms with Crippen LogP contribution in [0.25, 0.3) is 10.8 Å². The molecule has 0 radical (unpaired) electrons. The van der Waals surface area contributed by atoms with Gasteiger partial charge < -0.3 is 5.32 Å². The summed E-state index contributed by atoms with van der Waals surface area (Å²) in [4.78, 5) is 12.0. The van der Waals surface area contributed by atoms with E-state index in [-0.39, 0.29) is 5.91 Å². The number of carbonyl (C=O) groups excluding carboxylic acids is 1. The number of rotatable bonds is 6.